The van der Waals surface area contributed by atoms with Gasteiger partial charge in [-0.1, -0.05) is 19.3 Å². The van der Waals surface area contributed by atoms with Crippen LogP contribution in [0, 0.1) is 0 Å². The SMILES string of the molecule is CCS(=O)(=O)NCCNC(=O)C1(N)CCCCC1.Cl. The Morgan fingerprint density at radius 3 is 2.32 bits per heavy atom. The molecule has 0 atom stereocenters. The van der Waals surface area contributed by atoms with Crippen molar-refractivity contribution in [2.24, 2.45) is 5.73 Å². The second-order valence-corrected chi connectivity index (χ2v) is 6.87. The highest BCUT2D eigenvalue weighted by Gasteiger charge is 2.34. The van der Waals surface area contributed by atoms with E-state index >= 15 is 0 Å². The number of carbonyl (C=O) groups is 1. The van der Waals surface area contributed by atoms with Crippen molar-refractivity contribution < 1.29 is 13.2 Å². The van der Waals surface area contributed by atoms with Crippen LogP contribution in [0.5, 0.6) is 0 Å². The molecule has 0 aromatic heterocycles. The van der Waals surface area contributed by atoms with Crippen LogP contribution < -0.4 is 15.8 Å². The van der Waals surface area contributed by atoms with Crippen LogP contribution in [-0.2, 0) is 14.8 Å². The number of sulfonamides is 1. The molecular weight excluding hydrogens is 290 g/mol. The van der Waals surface area contributed by atoms with Crippen LogP contribution in [0.1, 0.15) is 39.0 Å². The van der Waals surface area contributed by atoms with Crippen molar-refractivity contribution in [3.63, 3.8) is 0 Å². The summed E-state index contributed by atoms with van der Waals surface area (Å²) in [4.78, 5) is 11.9. The third-order valence-electron chi connectivity index (χ3n) is 3.31. The van der Waals surface area contributed by atoms with E-state index in [1.54, 1.807) is 6.92 Å². The lowest BCUT2D eigenvalue weighted by Crippen LogP contribution is -2.55. The molecule has 0 radical (unpaired) electrons. The van der Waals surface area contributed by atoms with Crippen molar-refractivity contribution in [2.75, 3.05) is 18.8 Å². The minimum absolute atomic E-state index is 0. The summed E-state index contributed by atoms with van der Waals surface area (Å²) in [6.45, 7) is 2.05. The van der Waals surface area contributed by atoms with E-state index in [-0.39, 0.29) is 37.2 Å². The van der Waals surface area contributed by atoms with Gasteiger partial charge in [-0.15, -0.1) is 12.4 Å². The van der Waals surface area contributed by atoms with Gasteiger partial charge in [0.2, 0.25) is 15.9 Å². The lowest BCUT2D eigenvalue weighted by Gasteiger charge is -2.31. The number of hydrogen-bond acceptors (Lipinski definition) is 4. The first-order valence-electron chi connectivity index (χ1n) is 6.44. The summed E-state index contributed by atoms with van der Waals surface area (Å²) in [5, 5.41) is 2.70. The molecule has 1 aliphatic rings. The molecule has 0 aromatic carbocycles. The fourth-order valence-corrected chi connectivity index (χ4v) is 2.69. The van der Waals surface area contributed by atoms with Gasteiger partial charge in [-0.2, -0.15) is 0 Å². The first-order chi connectivity index (χ1) is 8.40. The van der Waals surface area contributed by atoms with Gasteiger partial charge in [0.05, 0.1) is 11.3 Å². The normalized spacial score (nSPS) is 18.4. The second-order valence-electron chi connectivity index (χ2n) is 4.77. The first kappa shape index (κ1) is 18.6. The zero-order valence-corrected chi connectivity index (χ0v) is 12.9. The molecule has 19 heavy (non-hydrogen) atoms. The number of hydrogen-bond donors (Lipinski definition) is 3. The quantitative estimate of drug-likeness (QED) is 0.606. The van der Waals surface area contributed by atoms with Crippen LogP contribution in [0.4, 0.5) is 0 Å². The number of carbonyl (C=O) groups excluding carboxylic acids is 1. The molecule has 0 aliphatic heterocycles. The van der Waals surface area contributed by atoms with Crippen LogP contribution in [0.3, 0.4) is 0 Å². The molecule has 1 aliphatic carbocycles. The Balaban J connectivity index is 0.00000324. The zero-order valence-electron chi connectivity index (χ0n) is 11.3. The van der Waals surface area contributed by atoms with Crippen LogP contribution in [0.2, 0.25) is 0 Å². The molecule has 1 rings (SSSR count). The van der Waals surface area contributed by atoms with Crippen molar-refractivity contribution in [3.05, 3.63) is 0 Å². The maximum atomic E-state index is 11.9. The van der Waals surface area contributed by atoms with Crippen molar-refractivity contribution in [2.45, 2.75) is 44.6 Å². The maximum absolute atomic E-state index is 11.9. The standard InChI is InChI=1S/C11H23N3O3S.ClH/c1-2-18(16,17)14-9-8-13-10(15)11(12)6-4-3-5-7-11;/h14H,2-9,12H2,1H3,(H,13,15);1H. The number of nitrogens with one attached hydrogen (secondary N) is 2. The number of amides is 1. The number of nitrogens with two attached hydrogens (primary N) is 1. The van der Waals surface area contributed by atoms with E-state index in [4.69, 9.17) is 5.73 Å². The van der Waals surface area contributed by atoms with Gasteiger partial charge >= 0.3 is 0 Å². The third kappa shape index (κ3) is 6.07. The summed E-state index contributed by atoms with van der Waals surface area (Å²) in [7, 11) is -3.19. The molecule has 8 heteroatoms. The fourth-order valence-electron chi connectivity index (χ4n) is 2.07. The molecule has 0 unspecified atom stereocenters. The molecule has 0 saturated heterocycles. The Morgan fingerprint density at radius 2 is 1.79 bits per heavy atom. The van der Waals surface area contributed by atoms with E-state index in [0.717, 1.165) is 19.3 Å². The van der Waals surface area contributed by atoms with E-state index in [1.807, 2.05) is 0 Å². The molecule has 114 valence electrons. The Morgan fingerprint density at radius 1 is 1.21 bits per heavy atom. The predicted octanol–water partition coefficient (Wildman–Crippen LogP) is 0.125. The number of halogens is 1. The second kappa shape index (κ2) is 8.04. The van der Waals surface area contributed by atoms with Crippen molar-refractivity contribution in [3.8, 4) is 0 Å². The molecule has 1 amide bonds. The zero-order chi connectivity index (χ0) is 13.6. The minimum atomic E-state index is -3.19. The minimum Gasteiger partial charge on any atom is -0.353 e. The summed E-state index contributed by atoms with van der Waals surface area (Å²) >= 11 is 0. The topological polar surface area (TPSA) is 101 Å². The van der Waals surface area contributed by atoms with Crippen LogP contribution in [-0.4, -0.2) is 38.7 Å². The van der Waals surface area contributed by atoms with Crippen molar-refractivity contribution >= 4 is 28.3 Å². The van der Waals surface area contributed by atoms with Gasteiger partial charge in [-0.05, 0) is 19.8 Å². The van der Waals surface area contributed by atoms with Gasteiger partial charge in [-0.3, -0.25) is 4.79 Å². The van der Waals surface area contributed by atoms with Gasteiger partial charge in [0, 0.05) is 13.1 Å². The summed E-state index contributed by atoms with van der Waals surface area (Å²) in [6, 6.07) is 0. The molecule has 4 N–H and O–H groups in total. The Bertz CT molecular complexity index is 381. The smallest absolute Gasteiger partial charge is 0.240 e. The van der Waals surface area contributed by atoms with Gasteiger partial charge in [0.15, 0.2) is 0 Å². The molecule has 1 saturated carbocycles. The Kier molecular flexibility index (Phi) is 7.88. The van der Waals surface area contributed by atoms with Crippen molar-refractivity contribution in [1.29, 1.82) is 0 Å². The summed E-state index contributed by atoms with van der Waals surface area (Å²) in [5.41, 5.74) is 5.28. The van der Waals surface area contributed by atoms with E-state index < -0.39 is 15.6 Å². The maximum Gasteiger partial charge on any atom is 0.240 e. The molecule has 0 spiro atoms. The molecule has 0 heterocycles. The van der Waals surface area contributed by atoms with Crippen LogP contribution in [0.15, 0.2) is 0 Å². The summed E-state index contributed by atoms with van der Waals surface area (Å²) in [5.74, 6) is -0.125. The van der Waals surface area contributed by atoms with E-state index in [9.17, 15) is 13.2 Å². The highest BCUT2D eigenvalue weighted by atomic mass is 35.5. The van der Waals surface area contributed by atoms with Crippen molar-refractivity contribution in [1.82, 2.24) is 10.0 Å². The van der Waals surface area contributed by atoms with Gasteiger partial charge < -0.3 is 11.1 Å². The molecule has 0 bridgehead atoms. The summed E-state index contributed by atoms with van der Waals surface area (Å²) < 4.78 is 24.7. The Labute approximate surface area is 121 Å². The van der Waals surface area contributed by atoms with E-state index in [1.165, 1.54) is 0 Å². The van der Waals surface area contributed by atoms with Crippen LogP contribution in [0.25, 0.3) is 0 Å². The lowest BCUT2D eigenvalue weighted by molar-refractivity contribution is -0.127. The highest BCUT2D eigenvalue weighted by Crippen LogP contribution is 2.25. The van der Waals surface area contributed by atoms with Gasteiger partial charge in [0.25, 0.3) is 0 Å². The molecule has 6 nitrogen and oxygen atoms in total. The first-order valence-corrected chi connectivity index (χ1v) is 8.09. The monoisotopic (exact) mass is 313 g/mol. The lowest BCUT2D eigenvalue weighted by atomic mass is 9.82. The average molecular weight is 314 g/mol. The molecule has 0 aromatic rings. The third-order valence-corrected chi connectivity index (χ3v) is 4.71. The Hall–Kier alpha value is -0.370. The molecular formula is C11H24ClN3O3S. The highest BCUT2D eigenvalue weighted by molar-refractivity contribution is 7.89. The average Bonchev–Trinajstić information content (AvgIpc) is 2.35. The fraction of sp³-hybridized carbons (Fsp3) is 0.909. The van der Waals surface area contributed by atoms with E-state index in [2.05, 4.69) is 10.0 Å². The van der Waals surface area contributed by atoms with Gasteiger partial charge in [-0.25, -0.2) is 13.1 Å². The van der Waals surface area contributed by atoms with E-state index in [0.29, 0.717) is 12.8 Å². The molecule has 1 fully saturated rings. The largest absolute Gasteiger partial charge is 0.353 e. The van der Waals surface area contributed by atoms with Gasteiger partial charge in [0.1, 0.15) is 0 Å². The number of rotatable bonds is 6. The van der Waals surface area contributed by atoms with Crippen LogP contribution >= 0.6 is 12.4 Å². The summed E-state index contributed by atoms with van der Waals surface area (Å²) in [6.07, 6.45) is 4.50. The predicted molar refractivity (Wildman–Crippen MR) is 77.7 cm³/mol.